The van der Waals surface area contributed by atoms with Crippen LogP contribution in [0, 0.1) is 5.41 Å². The Kier molecular flexibility index (Phi) is 3.81. The van der Waals surface area contributed by atoms with Crippen LogP contribution in [0.15, 0.2) is 0 Å². The van der Waals surface area contributed by atoms with E-state index in [9.17, 15) is 0 Å². The maximum absolute atomic E-state index is 5.57. The minimum Gasteiger partial charge on any atom is -0.467 e. The number of nitrogens with zero attached hydrogens (tertiary/aromatic N) is 3. The summed E-state index contributed by atoms with van der Waals surface area (Å²) in [6.45, 7) is 1.60. The van der Waals surface area contributed by atoms with Gasteiger partial charge in [-0.2, -0.15) is 15.0 Å². The monoisotopic (exact) mass is 253 g/mol. The van der Waals surface area contributed by atoms with Gasteiger partial charge in [0.15, 0.2) is 0 Å². The van der Waals surface area contributed by atoms with Crippen LogP contribution < -0.4 is 15.8 Å². The number of hydrogen-bond donors (Lipinski definition) is 2. The average molecular weight is 253 g/mol. The molecular weight excluding hydrogens is 234 g/mol. The van der Waals surface area contributed by atoms with Crippen molar-refractivity contribution in [3.8, 4) is 6.01 Å². The Hall–Kier alpha value is -1.63. The van der Waals surface area contributed by atoms with E-state index < -0.39 is 0 Å². The first-order chi connectivity index (χ1) is 8.67. The Morgan fingerprint density at radius 3 is 2.67 bits per heavy atom. The van der Waals surface area contributed by atoms with E-state index in [0.29, 0.717) is 11.4 Å². The summed E-state index contributed by atoms with van der Waals surface area (Å²) in [5.41, 5.74) is 5.89. The molecule has 0 aromatic carbocycles. The predicted octanol–water partition coefficient (Wildman–Crippen LogP) is 0.691. The number of anilines is 2. The number of nitrogens with two attached hydrogens (primary N) is 1. The van der Waals surface area contributed by atoms with E-state index in [2.05, 4.69) is 20.3 Å². The van der Waals surface area contributed by atoms with Crippen LogP contribution >= 0.6 is 0 Å². The molecular formula is C11H19N5O2. The molecule has 1 fully saturated rings. The minimum atomic E-state index is 0.158. The summed E-state index contributed by atoms with van der Waals surface area (Å²) in [4.78, 5) is 12.0. The van der Waals surface area contributed by atoms with E-state index in [4.69, 9.17) is 15.2 Å². The van der Waals surface area contributed by atoms with E-state index in [1.54, 1.807) is 7.11 Å². The standard InChI is InChI=1S/C11H19N5O2/c1-17-6-5-11(3-4-11)7-13-9-14-8(12)15-10(16-9)18-2/h3-7H2,1-2H3,(H3,12,13,14,15,16). The molecule has 0 amide bonds. The summed E-state index contributed by atoms with van der Waals surface area (Å²) in [6, 6.07) is 0.228. The van der Waals surface area contributed by atoms with Gasteiger partial charge in [0.05, 0.1) is 7.11 Å². The normalized spacial score (nSPS) is 16.3. The molecule has 0 bridgehead atoms. The molecule has 0 unspecified atom stereocenters. The van der Waals surface area contributed by atoms with Gasteiger partial charge in [-0.25, -0.2) is 0 Å². The summed E-state index contributed by atoms with van der Waals surface area (Å²) in [7, 11) is 3.22. The fourth-order valence-corrected chi connectivity index (χ4v) is 1.82. The van der Waals surface area contributed by atoms with Crippen molar-refractivity contribution in [1.82, 2.24) is 15.0 Å². The Bertz CT molecular complexity index is 408. The lowest BCUT2D eigenvalue weighted by molar-refractivity contribution is 0.174. The van der Waals surface area contributed by atoms with Gasteiger partial charge in [0, 0.05) is 20.3 Å². The van der Waals surface area contributed by atoms with Crippen molar-refractivity contribution in [3.05, 3.63) is 0 Å². The van der Waals surface area contributed by atoms with Gasteiger partial charge < -0.3 is 20.5 Å². The van der Waals surface area contributed by atoms with Crippen molar-refractivity contribution in [2.24, 2.45) is 5.41 Å². The quantitative estimate of drug-likeness (QED) is 0.738. The molecule has 1 aromatic heterocycles. The van der Waals surface area contributed by atoms with Crippen LogP contribution in [0.4, 0.5) is 11.9 Å². The second kappa shape index (κ2) is 5.34. The zero-order chi connectivity index (χ0) is 13.0. The van der Waals surface area contributed by atoms with Gasteiger partial charge in [-0.3, -0.25) is 0 Å². The largest absolute Gasteiger partial charge is 0.467 e. The fraction of sp³-hybridized carbons (Fsp3) is 0.727. The number of methoxy groups -OCH3 is 2. The lowest BCUT2D eigenvalue weighted by atomic mass is 10.0. The predicted molar refractivity (Wildman–Crippen MR) is 67.4 cm³/mol. The Balaban J connectivity index is 1.92. The van der Waals surface area contributed by atoms with Crippen molar-refractivity contribution in [2.45, 2.75) is 19.3 Å². The highest BCUT2D eigenvalue weighted by atomic mass is 16.5. The molecule has 0 saturated heterocycles. The summed E-state index contributed by atoms with van der Waals surface area (Å²) in [5, 5.41) is 3.19. The van der Waals surface area contributed by atoms with Crippen LogP contribution in [0.25, 0.3) is 0 Å². The Morgan fingerprint density at radius 1 is 1.28 bits per heavy atom. The Labute approximate surface area is 106 Å². The molecule has 1 aliphatic carbocycles. The number of ether oxygens (including phenoxy) is 2. The van der Waals surface area contributed by atoms with Crippen LogP contribution in [0.1, 0.15) is 19.3 Å². The van der Waals surface area contributed by atoms with Crippen LogP contribution in [0.2, 0.25) is 0 Å². The molecule has 0 radical (unpaired) electrons. The van der Waals surface area contributed by atoms with Crippen molar-refractivity contribution >= 4 is 11.9 Å². The molecule has 100 valence electrons. The SMILES string of the molecule is COCCC1(CNc2nc(N)nc(OC)n2)CC1. The van der Waals surface area contributed by atoms with Crippen LogP contribution in [-0.2, 0) is 4.74 Å². The van der Waals surface area contributed by atoms with Gasteiger partial charge in [-0.1, -0.05) is 0 Å². The van der Waals surface area contributed by atoms with Crippen molar-refractivity contribution < 1.29 is 9.47 Å². The van der Waals surface area contributed by atoms with Crippen molar-refractivity contribution in [1.29, 1.82) is 0 Å². The number of aromatic nitrogens is 3. The van der Waals surface area contributed by atoms with Gasteiger partial charge in [0.25, 0.3) is 0 Å². The van der Waals surface area contributed by atoms with E-state index in [1.807, 2.05) is 0 Å². The minimum absolute atomic E-state index is 0.158. The zero-order valence-corrected chi connectivity index (χ0v) is 10.8. The molecule has 0 aliphatic heterocycles. The highest BCUT2D eigenvalue weighted by Gasteiger charge is 2.41. The second-order valence-corrected chi connectivity index (χ2v) is 4.60. The third kappa shape index (κ3) is 3.19. The molecule has 1 aliphatic rings. The van der Waals surface area contributed by atoms with Gasteiger partial charge >= 0.3 is 6.01 Å². The van der Waals surface area contributed by atoms with Gasteiger partial charge in [0.2, 0.25) is 11.9 Å². The smallest absolute Gasteiger partial charge is 0.322 e. The molecule has 0 atom stereocenters. The van der Waals surface area contributed by atoms with Gasteiger partial charge in [0.1, 0.15) is 0 Å². The number of nitrogens with one attached hydrogen (secondary N) is 1. The molecule has 2 rings (SSSR count). The number of rotatable bonds is 7. The third-order valence-corrected chi connectivity index (χ3v) is 3.23. The fourth-order valence-electron chi connectivity index (χ4n) is 1.82. The molecule has 7 nitrogen and oxygen atoms in total. The second-order valence-electron chi connectivity index (χ2n) is 4.60. The first kappa shape index (κ1) is 12.8. The van der Waals surface area contributed by atoms with Gasteiger partial charge in [-0.15, -0.1) is 0 Å². The van der Waals surface area contributed by atoms with E-state index in [-0.39, 0.29) is 12.0 Å². The molecule has 7 heteroatoms. The van der Waals surface area contributed by atoms with E-state index >= 15 is 0 Å². The average Bonchev–Trinajstić information content (AvgIpc) is 3.14. The molecule has 0 spiro atoms. The lowest BCUT2D eigenvalue weighted by Gasteiger charge is -2.15. The zero-order valence-electron chi connectivity index (χ0n) is 10.8. The summed E-state index contributed by atoms with van der Waals surface area (Å²) in [5.74, 6) is 0.620. The van der Waals surface area contributed by atoms with E-state index in [1.165, 1.54) is 20.0 Å². The van der Waals surface area contributed by atoms with Crippen LogP contribution in [0.3, 0.4) is 0 Å². The van der Waals surface area contributed by atoms with Crippen LogP contribution in [0.5, 0.6) is 6.01 Å². The summed E-state index contributed by atoms with van der Waals surface area (Å²) in [6.07, 6.45) is 3.47. The van der Waals surface area contributed by atoms with E-state index in [0.717, 1.165) is 19.6 Å². The first-order valence-electron chi connectivity index (χ1n) is 5.96. The maximum Gasteiger partial charge on any atom is 0.322 e. The lowest BCUT2D eigenvalue weighted by Crippen LogP contribution is -2.19. The van der Waals surface area contributed by atoms with Crippen molar-refractivity contribution in [2.75, 3.05) is 38.4 Å². The summed E-state index contributed by atoms with van der Waals surface area (Å²) >= 11 is 0. The Morgan fingerprint density at radius 2 is 2.06 bits per heavy atom. The van der Waals surface area contributed by atoms with Gasteiger partial charge in [-0.05, 0) is 24.7 Å². The molecule has 3 N–H and O–H groups in total. The number of nitrogen functional groups attached to an aromatic ring is 1. The molecule has 18 heavy (non-hydrogen) atoms. The molecule has 1 aromatic rings. The highest BCUT2D eigenvalue weighted by Crippen LogP contribution is 2.48. The van der Waals surface area contributed by atoms with Crippen LogP contribution in [-0.4, -0.2) is 42.3 Å². The van der Waals surface area contributed by atoms with Crippen molar-refractivity contribution in [3.63, 3.8) is 0 Å². The first-order valence-corrected chi connectivity index (χ1v) is 5.96. The molecule has 1 saturated carbocycles. The maximum atomic E-state index is 5.57. The third-order valence-electron chi connectivity index (χ3n) is 3.23. The summed E-state index contributed by atoms with van der Waals surface area (Å²) < 4.78 is 10.1. The molecule has 1 heterocycles. The topological polar surface area (TPSA) is 95.2 Å². The highest BCUT2D eigenvalue weighted by molar-refractivity contribution is 5.33. The number of hydrogen-bond acceptors (Lipinski definition) is 7.